The van der Waals surface area contributed by atoms with Gasteiger partial charge in [-0.15, -0.1) is 0 Å². The zero-order chi connectivity index (χ0) is 13.1. The van der Waals surface area contributed by atoms with Crippen molar-refractivity contribution in [2.45, 2.75) is 26.7 Å². The number of anilines is 2. The molecule has 1 fully saturated rings. The predicted octanol–water partition coefficient (Wildman–Crippen LogP) is 1.54. The first-order chi connectivity index (χ1) is 8.58. The van der Waals surface area contributed by atoms with E-state index in [2.05, 4.69) is 14.9 Å². The van der Waals surface area contributed by atoms with E-state index in [1.54, 1.807) is 0 Å². The Morgan fingerprint density at radius 1 is 1.33 bits per heavy atom. The van der Waals surface area contributed by atoms with E-state index in [1.165, 1.54) is 12.8 Å². The van der Waals surface area contributed by atoms with Crippen LogP contribution in [0.2, 0.25) is 0 Å². The van der Waals surface area contributed by atoms with Crippen LogP contribution in [0.4, 0.5) is 11.6 Å². The zero-order valence-corrected chi connectivity index (χ0v) is 11.4. The lowest BCUT2D eigenvalue weighted by atomic mass is 10.3. The SMILES string of the molecule is Cc1nc(N)c(C)c(N(C)CCOCC2CC2)n1. The molecule has 100 valence electrons. The van der Waals surface area contributed by atoms with Gasteiger partial charge in [0.05, 0.1) is 6.61 Å². The first kappa shape index (κ1) is 13.1. The van der Waals surface area contributed by atoms with Crippen LogP contribution < -0.4 is 10.6 Å². The minimum atomic E-state index is 0.559. The third-order valence-electron chi connectivity index (χ3n) is 3.25. The average molecular weight is 250 g/mol. The lowest BCUT2D eigenvalue weighted by Gasteiger charge is -2.21. The number of nitrogens with zero attached hydrogens (tertiary/aromatic N) is 3. The number of nitrogens with two attached hydrogens (primary N) is 1. The number of likely N-dealkylation sites (N-methyl/N-ethyl adjacent to an activating group) is 1. The minimum absolute atomic E-state index is 0.559. The fourth-order valence-corrected chi connectivity index (χ4v) is 1.85. The van der Waals surface area contributed by atoms with Gasteiger partial charge in [-0.25, -0.2) is 9.97 Å². The van der Waals surface area contributed by atoms with Gasteiger partial charge < -0.3 is 15.4 Å². The molecule has 1 saturated carbocycles. The highest BCUT2D eigenvalue weighted by molar-refractivity contribution is 5.55. The highest BCUT2D eigenvalue weighted by atomic mass is 16.5. The fraction of sp³-hybridized carbons (Fsp3) is 0.692. The first-order valence-electron chi connectivity index (χ1n) is 6.47. The smallest absolute Gasteiger partial charge is 0.137 e. The summed E-state index contributed by atoms with van der Waals surface area (Å²) < 4.78 is 5.63. The summed E-state index contributed by atoms with van der Waals surface area (Å²) >= 11 is 0. The molecule has 1 aromatic heterocycles. The van der Waals surface area contributed by atoms with Gasteiger partial charge >= 0.3 is 0 Å². The molecule has 0 bridgehead atoms. The molecule has 1 aliphatic carbocycles. The largest absolute Gasteiger partial charge is 0.383 e. The molecule has 0 amide bonds. The van der Waals surface area contributed by atoms with Crippen molar-refractivity contribution in [2.75, 3.05) is 37.4 Å². The molecular formula is C13H22N4O. The van der Waals surface area contributed by atoms with Crippen LogP contribution in [0.25, 0.3) is 0 Å². The normalized spacial score (nSPS) is 14.8. The van der Waals surface area contributed by atoms with Gasteiger partial charge in [-0.1, -0.05) is 0 Å². The van der Waals surface area contributed by atoms with E-state index in [0.29, 0.717) is 11.6 Å². The number of hydrogen-bond acceptors (Lipinski definition) is 5. The van der Waals surface area contributed by atoms with E-state index in [-0.39, 0.29) is 0 Å². The van der Waals surface area contributed by atoms with Crippen molar-refractivity contribution in [3.05, 3.63) is 11.4 Å². The van der Waals surface area contributed by atoms with E-state index in [0.717, 1.165) is 37.1 Å². The second kappa shape index (κ2) is 5.52. The van der Waals surface area contributed by atoms with Gasteiger partial charge in [0.2, 0.25) is 0 Å². The summed E-state index contributed by atoms with van der Waals surface area (Å²) in [4.78, 5) is 10.7. The summed E-state index contributed by atoms with van der Waals surface area (Å²) in [5, 5.41) is 0. The maximum absolute atomic E-state index is 5.85. The topological polar surface area (TPSA) is 64.3 Å². The molecule has 1 heterocycles. The summed E-state index contributed by atoms with van der Waals surface area (Å²) in [7, 11) is 2.01. The van der Waals surface area contributed by atoms with Gasteiger partial charge in [-0.2, -0.15) is 0 Å². The molecule has 0 saturated heterocycles. The van der Waals surface area contributed by atoms with Crippen molar-refractivity contribution in [3.8, 4) is 0 Å². The van der Waals surface area contributed by atoms with E-state index in [4.69, 9.17) is 10.5 Å². The summed E-state index contributed by atoms with van der Waals surface area (Å²) in [6, 6.07) is 0. The highest BCUT2D eigenvalue weighted by Gasteiger charge is 2.21. The molecule has 0 spiro atoms. The molecule has 0 aliphatic heterocycles. The van der Waals surface area contributed by atoms with Crippen molar-refractivity contribution in [3.63, 3.8) is 0 Å². The van der Waals surface area contributed by atoms with Gasteiger partial charge in [0, 0.05) is 25.8 Å². The Hall–Kier alpha value is -1.36. The number of hydrogen-bond donors (Lipinski definition) is 1. The maximum atomic E-state index is 5.85. The van der Waals surface area contributed by atoms with Crippen LogP contribution in [-0.4, -0.2) is 36.8 Å². The van der Waals surface area contributed by atoms with Crippen molar-refractivity contribution < 1.29 is 4.74 Å². The van der Waals surface area contributed by atoms with Crippen LogP contribution in [0.3, 0.4) is 0 Å². The summed E-state index contributed by atoms with van der Waals surface area (Å²) in [6.45, 7) is 6.26. The van der Waals surface area contributed by atoms with Crippen LogP contribution in [-0.2, 0) is 4.74 Å². The summed E-state index contributed by atoms with van der Waals surface area (Å²) in [6.07, 6.45) is 2.66. The van der Waals surface area contributed by atoms with Crippen molar-refractivity contribution >= 4 is 11.6 Å². The Morgan fingerprint density at radius 2 is 2.06 bits per heavy atom. The van der Waals surface area contributed by atoms with Gasteiger partial charge in [-0.05, 0) is 32.6 Å². The Morgan fingerprint density at radius 3 is 2.72 bits per heavy atom. The Labute approximate surface area is 108 Å². The molecule has 0 radical (unpaired) electrons. The molecule has 5 heteroatoms. The lowest BCUT2D eigenvalue weighted by Crippen LogP contribution is -2.25. The number of nitrogen functional groups attached to an aromatic ring is 1. The monoisotopic (exact) mass is 250 g/mol. The Kier molecular flexibility index (Phi) is 4.01. The van der Waals surface area contributed by atoms with E-state index >= 15 is 0 Å². The van der Waals surface area contributed by atoms with Crippen molar-refractivity contribution in [1.82, 2.24) is 9.97 Å². The van der Waals surface area contributed by atoms with Gasteiger partial charge in [-0.3, -0.25) is 0 Å². The van der Waals surface area contributed by atoms with E-state index in [9.17, 15) is 0 Å². The van der Waals surface area contributed by atoms with Gasteiger partial charge in [0.25, 0.3) is 0 Å². The number of aryl methyl sites for hydroxylation is 1. The zero-order valence-electron chi connectivity index (χ0n) is 11.4. The number of ether oxygens (including phenoxy) is 1. The number of rotatable bonds is 6. The van der Waals surface area contributed by atoms with Crippen LogP contribution in [0.15, 0.2) is 0 Å². The van der Waals surface area contributed by atoms with Crippen molar-refractivity contribution in [1.29, 1.82) is 0 Å². The fourth-order valence-electron chi connectivity index (χ4n) is 1.85. The third kappa shape index (κ3) is 3.32. The predicted molar refractivity (Wildman–Crippen MR) is 72.7 cm³/mol. The van der Waals surface area contributed by atoms with Crippen LogP contribution >= 0.6 is 0 Å². The molecule has 0 aromatic carbocycles. The quantitative estimate of drug-likeness (QED) is 0.776. The molecule has 0 atom stereocenters. The average Bonchev–Trinajstić information content (AvgIpc) is 3.13. The molecular weight excluding hydrogens is 228 g/mol. The standard InChI is InChI=1S/C13H22N4O/c1-9-12(14)15-10(2)16-13(9)17(3)6-7-18-8-11-4-5-11/h11H,4-8H2,1-3H3,(H2,14,15,16). The molecule has 2 N–H and O–H groups in total. The van der Waals surface area contributed by atoms with E-state index in [1.807, 2.05) is 20.9 Å². The van der Waals surface area contributed by atoms with Crippen LogP contribution in [0.5, 0.6) is 0 Å². The lowest BCUT2D eigenvalue weighted by molar-refractivity contribution is 0.130. The molecule has 1 aliphatic rings. The summed E-state index contributed by atoms with van der Waals surface area (Å²) in [5.41, 5.74) is 6.79. The second-order valence-electron chi connectivity index (χ2n) is 5.04. The molecule has 5 nitrogen and oxygen atoms in total. The molecule has 18 heavy (non-hydrogen) atoms. The van der Waals surface area contributed by atoms with E-state index < -0.39 is 0 Å². The minimum Gasteiger partial charge on any atom is -0.383 e. The van der Waals surface area contributed by atoms with Gasteiger partial charge in [0.15, 0.2) is 0 Å². The highest BCUT2D eigenvalue weighted by Crippen LogP contribution is 2.28. The maximum Gasteiger partial charge on any atom is 0.137 e. The molecule has 0 unspecified atom stereocenters. The number of aromatic nitrogens is 2. The van der Waals surface area contributed by atoms with Crippen LogP contribution in [0, 0.1) is 19.8 Å². The Balaban J connectivity index is 1.88. The van der Waals surface area contributed by atoms with Gasteiger partial charge in [0.1, 0.15) is 17.5 Å². The molecule has 2 rings (SSSR count). The third-order valence-corrected chi connectivity index (χ3v) is 3.25. The molecule has 1 aromatic rings. The first-order valence-corrected chi connectivity index (χ1v) is 6.47. The Bertz CT molecular complexity index is 418. The van der Waals surface area contributed by atoms with Crippen molar-refractivity contribution in [2.24, 2.45) is 5.92 Å². The van der Waals surface area contributed by atoms with Crippen LogP contribution in [0.1, 0.15) is 24.2 Å². The summed E-state index contributed by atoms with van der Waals surface area (Å²) in [5.74, 6) is 2.98. The second-order valence-corrected chi connectivity index (χ2v) is 5.04.